The number of ketones is 1. The van der Waals surface area contributed by atoms with Crippen LogP contribution < -0.4 is 0 Å². The largest absolute Gasteiger partial charge is 0.292 e. The number of hydrogen-bond acceptors (Lipinski definition) is 2. The molecule has 21 heavy (non-hydrogen) atoms. The zero-order valence-electron chi connectivity index (χ0n) is 13.8. The zero-order chi connectivity index (χ0) is 15.8. The molecule has 0 N–H and O–H groups in total. The Hall–Kier alpha value is -0.640. The number of carbonyl (C=O) groups is 1. The number of carbonyl (C=O) groups excluding carboxylic acids is 1. The minimum atomic E-state index is 0.161. The van der Waals surface area contributed by atoms with E-state index < -0.39 is 0 Å². The van der Waals surface area contributed by atoms with Crippen molar-refractivity contribution in [3.05, 3.63) is 16.4 Å². The summed E-state index contributed by atoms with van der Waals surface area (Å²) >= 11 is 3.49. The molecule has 1 aliphatic rings. The summed E-state index contributed by atoms with van der Waals surface area (Å²) in [5, 5.41) is 4.33. The number of Topliss-reactive ketones (excluding diaryl/α,β-unsaturated/α-hetero) is 1. The molecule has 0 aromatic carbocycles. The van der Waals surface area contributed by atoms with Crippen LogP contribution in [0.1, 0.15) is 76.8 Å². The molecule has 2 rings (SSSR count). The summed E-state index contributed by atoms with van der Waals surface area (Å²) in [6, 6.07) is 0.209. The van der Waals surface area contributed by atoms with Crippen LogP contribution in [-0.2, 0) is 0 Å². The van der Waals surface area contributed by atoms with Crippen molar-refractivity contribution in [1.82, 2.24) is 9.78 Å². The molecule has 4 heteroatoms. The summed E-state index contributed by atoms with van der Waals surface area (Å²) in [6.45, 7) is 11.1. The minimum absolute atomic E-state index is 0.161. The average Bonchev–Trinajstić information content (AvgIpc) is 2.79. The smallest absolute Gasteiger partial charge is 0.185 e. The molecule has 0 radical (unpaired) electrons. The summed E-state index contributed by atoms with van der Waals surface area (Å²) in [4.78, 5) is 12.9. The van der Waals surface area contributed by atoms with E-state index in [2.05, 4.69) is 55.6 Å². The highest BCUT2D eigenvalue weighted by Crippen LogP contribution is 2.41. The zero-order valence-corrected chi connectivity index (χ0v) is 15.4. The first-order chi connectivity index (χ1) is 9.71. The van der Waals surface area contributed by atoms with E-state index in [1.54, 1.807) is 6.20 Å². The molecule has 0 bridgehead atoms. The van der Waals surface area contributed by atoms with Crippen molar-refractivity contribution >= 4 is 21.7 Å². The van der Waals surface area contributed by atoms with Gasteiger partial charge in [-0.1, -0.05) is 20.8 Å². The molecule has 0 unspecified atom stereocenters. The van der Waals surface area contributed by atoms with Crippen LogP contribution in [0.4, 0.5) is 0 Å². The molecule has 1 heterocycles. The first-order valence-corrected chi connectivity index (χ1v) is 8.78. The molecule has 1 aromatic rings. The Morgan fingerprint density at radius 1 is 1.29 bits per heavy atom. The number of nitrogens with zero attached hydrogens (tertiary/aromatic N) is 2. The molecule has 1 fully saturated rings. The third-order valence-corrected chi connectivity index (χ3v) is 5.38. The second-order valence-electron chi connectivity index (χ2n) is 7.66. The topological polar surface area (TPSA) is 34.9 Å². The molecule has 1 aliphatic carbocycles. The number of aromatic nitrogens is 2. The van der Waals surface area contributed by atoms with Crippen molar-refractivity contribution in [3.63, 3.8) is 0 Å². The van der Waals surface area contributed by atoms with Crippen LogP contribution in [0, 0.1) is 17.3 Å². The lowest BCUT2D eigenvalue weighted by atomic mass is 9.69. The van der Waals surface area contributed by atoms with Gasteiger partial charge in [-0.2, -0.15) is 5.10 Å². The Morgan fingerprint density at radius 3 is 2.33 bits per heavy atom. The Kier molecular flexibility index (Phi) is 4.96. The lowest BCUT2D eigenvalue weighted by Gasteiger charge is -2.36. The van der Waals surface area contributed by atoms with Crippen molar-refractivity contribution in [2.24, 2.45) is 17.3 Å². The van der Waals surface area contributed by atoms with Crippen LogP contribution >= 0.6 is 15.9 Å². The fraction of sp³-hybridized carbons (Fsp3) is 0.765. The van der Waals surface area contributed by atoms with Gasteiger partial charge in [0.2, 0.25) is 0 Å². The molecule has 118 valence electrons. The Morgan fingerprint density at radius 2 is 1.86 bits per heavy atom. The van der Waals surface area contributed by atoms with Gasteiger partial charge in [0.15, 0.2) is 5.78 Å². The van der Waals surface area contributed by atoms with Crippen molar-refractivity contribution in [3.8, 4) is 0 Å². The predicted octanol–water partition coefficient (Wildman–Crippen LogP) is 5.26. The minimum Gasteiger partial charge on any atom is -0.292 e. The Bertz CT molecular complexity index is 505. The van der Waals surface area contributed by atoms with Gasteiger partial charge in [0, 0.05) is 12.0 Å². The van der Waals surface area contributed by atoms with E-state index in [1.807, 2.05) is 4.68 Å². The summed E-state index contributed by atoms with van der Waals surface area (Å²) in [7, 11) is 0. The van der Waals surface area contributed by atoms with Gasteiger partial charge in [-0.25, -0.2) is 0 Å². The van der Waals surface area contributed by atoms with Crippen molar-refractivity contribution in [2.45, 2.75) is 66.3 Å². The van der Waals surface area contributed by atoms with E-state index in [9.17, 15) is 4.79 Å². The van der Waals surface area contributed by atoms with Crippen LogP contribution in [-0.4, -0.2) is 15.6 Å². The number of hydrogen-bond donors (Lipinski definition) is 0. The fourth-order valence-electron chi connectivity index (χ4n) is 3.38. The molecule has 0 spiro atoms. The first-order valence-electron chi connectivity index (χ1n) is 7.99. The highest BCUT2D eigenvalue weighted by atomic mass is 79.9. The summed E-state index contributed by atoms with van der Waals surface area (Å²) in [5.74, 6) is 1.16. The van der Waals surface area contributed by atoms with Gasteiger partial charge >= 0.3 is 0 Å². The highest BCUT2D eigenvalue weighted by Gasteiger charge is 2.34. The normalized spacial score (nSPS) is 23.6. The molecule has 0 atom stereocenters. The molecular weight excluding hydrogens is 328 g/mol. The van der Waals surface area contributed by atoms with Gasteiger partial charge in [0.25, 0.3) is 0 Å². The molecule has 0 amide bonds. The first kappa shape index (κ1) is 16.7. The summed E-state index contributed by atoms with van der Waals surface area (Å²) < 4.78 is 2.68. The fourth-order valence-corrected chi connectivity index (χ4v) is 3.85. The monoisotopic (exact) mass is 354 g/mol. The lowest BCUT2D eigenvalue weighted by Crippen LogP contribution is -2.30. The van der Waals surface area contributed by atoms with Crippen LogP contribution in [0.25, 0.3) is 0 Å². The van der Waals surface area contributed by atoms with Gasteiger partial charge in [0.05, 0.1) is 10.7 Å². The standard InChI is InChI=1S/C17H27BrN2O/c1-11(2)20-15(14(18)10-19-20)16(21)12-6-8-13(9-7-12)17(3,4)5/h10-13H,6-9H2,1-5H3. The van der Waals surface area contributed by atoms with Crippen LogP contribution in [0.3, 0.4) is 0 Å². The third kappa shape index (κ3) is 3.58. The van der Waals surface area contributed by atoms with E-state index in [0.717, 1.165) is 41.8 Å². The SMILES string of the molecule is CC(C)n1ncc(Br)c1C(=O)C1CCC(C(C)(C)C)CC1. The number of halogens is 1. The molecule has 3 nitrogen and oxygen atoms in total. The average molecular weight is 355 g/mol. The quantitative estimate of drug-likeness (QED) is 0.693. The maximum Gasteiger partial charge on any atom is 0.185 e. The Balaban J connectivity index is 2.11. The van der Waals surface area contributed by atoms with Crippen molar-refractivity contribution in [2.75, 3.05) is 0 Å². The van der Waals surface area contributed by atoms with Crippen molar-refractivity contribution < 1.29 is 4.79 Å². The van der Waals surface area contributed by atoms with Crippen LogP contribution in [0.2, 0.25) is 0 Å². The summed E-state index contributed by atoms with van der Waals surface area (Å²) in [5.41, 5.74) is 1.11. The lowest BCUT2D eigenvalue weighted by molar-refractivity contribution is 0.0806. The van der Waals surface area contributed by atoms with E-state index in [-0.39, 0.29) is 17.7 Å². The Labute approximate surface area is 136 Å². The molecule has 1 aromatic heterocycles. The van der Waals surface area contributed by atoms with Gasteiger partial charge in [-0.3, -0.25) is 9.48 Å². The van der Waals surface area contributed by atoms with Gasteiger partial charge in [0.1, 0.15) is 5.69 Å². The second kappa shape index (κ2) is 6.23. The van der Waals surface area contributed by atoms with Crippen LogP contribution in [0.15, 0.2) is 10.7 Å². The van der Waals surface area contributed by atoms with Crippen LogP contribution in [0.5, 0.6) is 0 Å². The van der Waals surface area contributed by atoms with E-state index in [4.69, 9.17) is 0 Å². The highest BCUT2D eigenvalue weighted by molar-refractivity contribution is 9.10. The maximum atomic E-state index is 12.9. The van der Waals surface area contributed by atoms with E-state index in [0.29, 0.717) is 5.41 Å². The molecule has 0 aliphatic heterocycles. The van der Waals surface area contributed by atoms with E-state index in [1.165, 1.54) is 0 Å². The second-order valence-corrected chi connectivity index (χ2v) is 8.51. The van der Waals surface area contributed by atoms with Gasteiger partial charge in [-0.15, -0.1) is 0 Å². The number of rotatable bonds is 3. The maximum absolute atomic E-state index is 12.9. The molecular formula is C17H27BrN2O. The molecule has 0 saturated heterocycles. The van der Waals surface area contributed by atoms with E-state index >= 15 is 0 Å². The third-order valence-electron chi connectivity index (χ3n) is 4.80. The molecule has 1 saturated carbocycles. The van der Waals surface area contributed by atoms with Gasteiger partial charge in [-0.05, 0) is 66.8 Å². The summed E-state index contributed by atoms with van der Waals surface area (Å²) in [6.07, 6.45) is 6.08. The predicted molar refractivity (Wildman–Crippen MR) is 89.5 cm³/mol. The van der Waals surface area contributed by atoms with Crippen molar-refractivity contribution in [1.29, 1.82) is 0 Å². The van der Waals surface area contributed by atoms with Gasteiger partial charge < -0.3 is 0 Å².